The van der Waals surface area contributed by atoms with Gasteiger partial charge in [-0.15, -0.1) is 0 Å². The molecule has 0 spiro atoms. The molecular formula is C17H18F3N3O3. The maximum absolute atomic E-state index is 13.2. The number of nitrogens with one attached hydrogen (secondary N) is 1. The highest BCUT2D eigenvalue weighted by atomic mass is 19.4. The molecule has 0 aliphatic heterocycles. The van der Waals surface area contributed by atoms with Crippen LogP contribution < -0.4 is 5.32 Å². The fourth-order valence-electron chi connectivity index (χ4n) is 2.47. The number of aliphatic carboxylic acids is 1. The zero-order valence-electron chi connectivity index (χ0n) is 14.3. The number of nitrogens with zero attached hydrogens (tertiary/aromatic N) is 2. The van der Waals surface area contributed by atoms with Crippen molar-refractivity contribution < 1.29 is 27.9 Å². The second-order valence-corrected chi connectivity index (χ2v) is 6.06. The summed E-state index contributed by atoms with van der Waals surface area (Å²) < 4.78 is 40.8. The van der Waals surface area contributed by atoms with Gasteiger partial charge in [0.05, 0.1) is 11.3 Å². The van der Waals surface area contributed by atoms with Crippen LogP contribution in [0.5, 0.6) is 0 Å². The Bertz CT molecular complexity index is 828. The van der Waals surface area contributed by atoms with Gasteiger partial charge in [0.15, 0.2) is 6.04 Å². The Balaban J connectivity index is 2.39. The second-order valence-electron chi connectivity index (χ2n) is 6.06. The zero-order valence-corrected chi connectivity index (χ0v) is 14.3. The van der Waals surface area contributed by atoms with Gasteiger partial charge in [0, 0.05) is 7.05 Å². The van der Waals surface area contributed by atoms with Gasteiger partial charge >= 0.3 is 12.1 Å². The summed E-state index contributed by atoms with van der Waals surface area (Å²) in [7, 11) is 1.50. The van der Waals surface area contributed by atoms with Gasteiger partial charge in [-0.1, -0.05) is 32.0 Å². The van der Waals surface area contributed by atoms with E-state index in [-0.39, 0.29) is 11.6 Å². The topological polar surface area (TPSA) is 84.2 Å². The molecular weight excluding hydrogens is 351 g/mol. The van der Waals surface area contributed by atoms with Crippen molar-refractivity contribution in [3.8, 4) is 0 Å². The van der Waals surface area contributed by atoms with Gasteiger partial charge in [0.2, 0.25) is 0 Å². The summed E-state index contributed by atoms with van der Waals surface area (Å²) >= 11 is 0. The number of halogens is 3. The van der Waals surface area contributed by atoms with Crippen LogP contribution in [0.15, 0.2) is 30.3 Å². The number of hydrogen-bond donors (Lipinski definition) is 2. The molecule has 1 aromatic heterocycles. The van der Waals surface area contributed by atoms with Crippen LogP contribution >= 0.6 is 0 Å². The molecule has 6 nitrogen and oxygen atoms in total. The van der Waals surface area contributed by atoms with Crippen LogP contribution in [0.25, 0.3) is 0 Å². The van der Waals surface area contributed by atoms with Crippen LogP contribution in [-0.2, 0) is 18.0 Å². The van der Waals surface area contributed by atoms with Gasteiger partial charge in [-0.25, -0.2) is 4.79 Å². The van der Waals surface area contributed by atoms with E-state index in [9.17, 15) is 27.9 Å². The number of hydrogen-bond acceptors (Lipinski definition) is 3. The Morgan fingerprint density at radius 1 is 1.23 bits per heavy atom. The third-order valence-corrected chi connectivity index (χ3v) is 3.82. The first-order valence-corrected chi connectivity index (χ1v) is 7.76. The highest BCUT2D eigenvalue weighted by Crippen LogP contribution is 2.34. The maximum atomic E-state index is 13.2. The molecule has 1 amide bonds. The first-order valence-electron chi connectivity index (χ1n) is 7.76. The van der Waals surface area contributed by atoms with E-state index in [1.54, 1.807) is 0 Å². The molecule has 0 bridgehead atoms. The standard InChI is InChI=1S/C17H18F3N3O3/c1-9(2)12-8-13(23(3)22-12)15(24)21-14(16(25)26)10-6-4-5-7-11(10)17(18,19)20/h4-9,14H,1-3H3,(H,21,24)(H,25,26)/t14-/m1/s1. The fourth-order valence-corrected chi connectivity index (χ4v) is 2.47. The Kier molecular flexibility index (Phi) is 5.38. The summed E-state index contributed by atoms with van der Waals surface area (Å²) in [6.45, 7) is 3.73. The average Bonchev–Trinajstić information content (AvgIpc) is 2.93. The normalized spacial score (nSPS) is 12.9. The van der Waals surface area contributed by atoms with Crippen LogP contribution in [0.3, 0.4) is 0 Å². The lowest BCUT2D eigenvalue weighted by molar-refractivity contribution is -0.142. The van der Waals surface area contributed by atoms with Gasteiger partial charge in [0.1, 0.15) is 5.69 Å². The number of alkyl halides is 3. The summed E-state index contributed by atoms with van der Waals surface area (Å²) in [5.41, 5.74) is -0.975. The summed E-state index contributed by atoms with van der Waals surface area (Å²) in [4.78, 5) is 24.0. The van der Waals surface area contributed by atoms with E-state index in [0.29, 0.717) is 5.69 Å². The summed E-state index contributed by atoms with van der Waals surface area (Å²) in [5, 5.41) is 15.7. The predicted octanol–water partition coefficient (Wildman–Crippen LogP) is 3.12. The van der Waals surface area contributed by atoms with Crippen molar-refractivity contribution in [1.82, 2.24) is 15.1 Å². The van der Waals surface area contributed by atoms with Gasteiger partial charge < -0.3 is 10.4 Å². The number of rotatable bonds is 5. The molecule has 1 atom stereocenters. The van der Waals surface area contributed by atoms with E-state index >= 15 is 0 Å². The SMILES string of the molecule is CC(C)c1cc(C(=O)N[C@@H](C(=O)O)c2ccccc2C(F)(F)F)n(C)n1. The van der Waals surface area contributed by atoms with Crippen molar-refractivity contribution in [2.45, 2.75) is 32.0 Å². The van der Waals surface area contributed by atoms with Gasteiger partial charge in [-0.2, -0.15) is 18.3 Å². The molecule has 26 heavy (non-hydrogen) atoms. The quantitative estimate of drug-likeness (QED) is 0.848. The molecule has 2 rings (SSSR count). The van der Waals surface area contributed by atoms with Crippen molar-refractivity contribution in [2.75, 3.05) is 0 Å². The number of aromatic nitrogens is 2. The highest BCUT2D eigenvalue weighted by Gasteiger charge is 2.37. The largest absolute Gasteiger partial charge is 0.479 e. The van der Waals surface area contributed by atoms with Crippen LogP contribution in [0.4, 0.5) is 13.2 Å². The molecule has 9 heteroatoms. The van der Waals surface area contributed by atoms with E-state index in [1.807, 2.05) is 13.8 Å². The molecule has 0 aliphatic rings. The number of carbonyl (C=O) groups is 2. The van der Waals surface area contributed by atoms with Crippen molar-refractivity contribution >= 4 is 11.9 Å². The minimum Gasteiger partial charge on any atom is -0.479 e. The second kappa shape index (κ2) is 7.19. The van der Waals surface area contributed by atoms with Crippen LogP contribution in [0, 0.1) is 0 Å². The predicted molar refractivity (Wildman–Crippen MR) is 86.6 cm³/mol. The van der Waals surface area contributed by atoms with Gasteiger partial charge in [0.25, 0.3) is 5.91 Å². The van der Waals surface area contributed by atoms with Crippen LogP contribution in [0.1, 0.15) is 53.1 Å². The Morgan fingerprint density at radius 3 is 2.35 bits per heavy atom. The average molecular weight is 369 g/mol. The third kappa shape index (κ3) is 4.04. The lowest BCUT2D eigenvalue weighted by Crippen LogP contribution is -2.36. The molecule has 0 radical (unpaired) electrons. The smallest absolute Gasteiger partial charge is 0.416 e. The fraction of sp³-hybridized carbons (Fsp3) is 0.353. The van der Waals surface area contributed by atoms with Crippen molar-refractivity contribution in [1.29, 1.82) is 0 Å². The number of carbonyl (C=O) groups excluding carboxylic acids is 1. The lowest BCUT2D eigenvalue weighted by Gasteiger charge is -2.19. The van der Waals surface area contributed by atoms with E-state index in [1.165, 1.54) is 23.9 Å². The van der Waals surface area contributed by atoms with Crippen molar-refractivity contribution in [3.63, 3.8) is 0 Å². The molecule has 0 aliphatic carbocycles. The minimum absolute atomic E-state index is 0.0315. The third-order valence-electron chi connectivity index (χ3n) is 3.82. The highest BCUT2D eigenvalue weighted by molar-refractivity contribution is 5.95. The first-order chi connectivity index (χ1) is 12.0. The van der Waals surface area contributed by atoms with Crippen LogP contribution in [-0.4, -0.2) is 26.8 Å². The lowest BCUT2D eigenvalue weighted by atomic mass is 9.99. The Hall–Kier alpha value is -2.84. The van der Waals surface area contributed by atoms with E-state index < -0.39 is 35.2 Å². The molecule has 0 fully saturated rings. The molecule has 0 saturated carbocycles. The van der Waals surface area contributed by atoms with Crippen molar-refractivity contribution in [2.24, 2.45) is 7.05 Å². The van der Waals surface area contributed by atoms with E-state index in [0.717, 1.165) is 18.2 Å². The van der Waals surface area contributed by atoms with Gasteiger partial charge in [-0.3, -0.25) is 9.48 Å². The molecule has 140 valence electrons. The first kappa shape index (κ1) is 19.5. The number of amides is 1. The summed E-state index contributed by atoms with van der Waals surface area (Å²) in [6.07, 6.45) is -4.74. The molecule has 1 aromatic carbocycles. The minimum atomic E-state index is -4.74. The van der Waals surface area contributed by atoms with Gasteiger partial charge in [-0.05, 0) is 23.6 Å². The molecule has 0 saturated heterocycles. The maximum Gasteiger partial charge on any atom is 0.416 e. The number of carboxylic acid groups (broad SMARTS) is 1. The molecule has 0 unspecified atom stereocenters. The molecule has 2 N–H and O–H groups in total. The zero-order chi connectivity index (χ0) is 19.6. The Morgan fingerprint density at radius 2 is 1.85 bits per heavy atom. The number of carboxylic acids is 1. The summed E-state index contributed by atoms with van der Waals surface area (Å²) in [5.74, 6) is -2.39. The number of aryl methyl sites for hydroxylation is 1. The number of benzene rings is 1. The summed E-state index contributed by atoms with van der Waals surface area (Å²) in [6, 6.07) is 3.88. The monoisotopic (exact) mass is 369 g/mol. The van der Waals surface area contributed by atoms with Crippen LogP contribution in [0.2, 0.25) is 0 Å². The van der Waals surface area contributed by atoms with E-state index in [4.69, 9.17) is 0 Å². The Labute approximate surface area is 147 Å². The molecule has 1 heterocycles. The van der Waals surface area contributed by atoms with E-state index in [2.05, 4.69) is 10.4 Å². The molecule has 2 aromatic rings. The van der Waals surface area contributed by atoms with Crippen molar-refractivity contribution in [3.05, 3.63) is 52.8 Å².